The van der Waals surface area contributed by atoms with Gasteiger partial charge in [0.15, 0.2) is 0 Å². The summed E-state index contributed by atoms with van der Waals surface area (Å²) in [5, 5.41) is 11.9. The molecule has 25 heavy (non-hydrogen) atoms. The molecule has 1 fully saturated rings. The number of nitrogens with one attached hydrogen (secondary N) is 1. The summed E-state index contributed by atoms with van der Waals surface area (Å²) in [4.78, 5) is 10.1. The lowest BCUT2D eigenvalue weighted by Gasteiger charge is -2.17. The zero-order valence-corrected chi connectivity index (χ0v) is 13.3. The van der Waals surface area contributed by atoms with E-state index < -0.39 is 11.9 Å². The first-order valence-corrected chi connectivity index (χ1v) is 7.89. The van der Waals surface area contributed by atoms with E-state index in [1.165, 1.54) is 0 Å². The SMILES string of the molecule is N#Cc1ccc(C(F)(F)F)nc1NCc1ccnc(N2CCCC2)c1. The van der Waals surface area contributed by atoms with Crippen molar-refractivity contribution in [2.24, 2.45) is 0 Å². The van der Waals surface area contributed by atoms with E-state index in [0.29, 0.717) is 0 Å². The molecule has 2 aromatic rings. The molecule has 0 amide bonds. The summed E-state index contributed by atoms with van der Waals surface area (Å²) < 4.78 is 38.4. The fourth-order valence-corrected chi connectivity index (χ4v) is 2.72. The molecule has 0 unspecified atom stereocenters. The van der Waals surface area contributed by atoms with Gasteiger partial charge in [-0.05, 0) is 42.7 Å². The van der Waals surface area contributed by atoms with Crippen molar-refractivity contribution in [3.05, 3.63) is 47.3 Å². The quantitative estimate of drug-likeness (QED) is 0.916. The number of nitrogens with zero attached hydrogens (tertiary/aromatic N) is 4. The Morgan fingerprint density at radius 3 is 2.64 bits per heavy atom. The molecule has 0 bridgehead atoms. The normalized spacial score (nSPS) is 14.4. The molecule has 3 heterocycles. The maximum Gasteiger partial charge on any atom is 0.433 e. The van der Waals surface area contributed by atoms with Crippen LogP contribution in [-0.2, 0) is 12.7 Å². The highest BCUT2D eigenvalue weighted by Crippen LogP contribution is 2.29. The van der Waals surface area contributed by atoms with Gasteiger partial charge in [0.1, 0.15) is 23.4 Å². The molecule has 3 rings (SSSR count). The van der Waals surface area contributed by atoms with Crippen LogP contribution in [0.4, 0.5) is 24.8 Å². The minimum Gasteiger partial charge on any atom is -0.365 e. The molecule has 2 aromatic heterocycles. The van der Waals surface area contributed by atoms with Crippen molar-refractivity contribution < 1.29 is 13.2 Å². The van der Waals surface area contributed by atoms with E-state index in [4.69, 9.17) is 5.26 Å². The Kier molecular flexibility index (Phi) is 4.74. The molecular formula is C17H16F3N5. The minimum absolute atomic E-state index is 0.0711. The van der Waals surface area contributed by atoms with Gasteiger partial charge in [0.05, 0.1) is 5.56 Å². The van der Waals surface area contributed by atoms with Crippen LogP contribution >= 0.6 is 0 Å². The summed E-state index contributed by atoms with van der Waals surface area (Å²) in [6.45, 7) is 2.17. The summed E-state index contributed by atoms with van der Waals surface area (Å²) in [7, 11) is 0. The molecule has 1 aliphatic rings. The Balaban J connectivity index is 1.77. The molecule has 0 aromatic carbocycles. The second kappa shape index (κ2) is 6.97. The predicted octanol–water partition coefficient (Wildman–Crippen LogP) is 3.58. The lowest BCUT2D eigenvalue weighted by molar-refractivity contribution is -0.141. The number of hydrogen-bond donors (Lipinski definition) is 1. The molecule has 0 atom stereocenters. The molecule has 5 nitrogen and oxygen atoms in total. The maximum absolute atomic E-state index is 12.8. The van der Waals surface area contributed by atoms with E-state index in [1.54, 1.807) is 12.3 Å². The van der Waals surface area contributed by atoms with Gasteiger partial charge in [0.25, 0.3) is 0 Å². The van der Waals surface area contributed by atoms with Crippen LogP contribution in [0.15, 0.2) is 30.5 Å². The summed E-state index contributed by atoms with van der Waals surface area (Å²) in [5.74, 6) is 0.783. The van der Waals surface area contributed by atoms with Gasteiger partial charge in [0.2, 0.25) is 0 Å². The minimum atomic E-state index is -4.55. The predicted molar refractivity (Wildman–Crippen MR) is 87.0 cm³/mol. The number of aromatic nitrogens is 2. The van der Waals surface area contributed by atoms with Crippen LogP contribution in [0.25, 0.3) is 0 Å². The van der Waals surface area contributed by atoms with Crippen LogP contribution in [0.3, 0.4) is 0 Å². The van der Waals surface area contributed by atoms with Gasteiger partial charge < -0.3 is 10.2 Å². The first-order chi connectivity index (χ1) is 12.0. The van der Waals surface area contributed by atoms with Gasteiger partial charge in [-0.2, -0.15) is 18.4 Å². The van der Waals surface area contributed by atoms with Crippen molar-refractivity contribution in [3.8, 4) is 6.07 Å². The zero-order chi connectivity index (χ0) is 17.9. The fraction of sp³-hybridized carbons (Fsp3) is 0.353. The Morgan fingerprint density at radius 1 is 1.20 bits per heavy atom. The third kappa shape index (κ3) is 3.99. The first-order valence-electron chi connectivity index (χ1n) is 7.89. The highest BCUT2D eigenvalue weighted by Gasteiger charge is 2.33. The number of anilines is 2. The number of nitriles is 1. The summed E-state index contributed by atoms with van der Waals surface area (Å²) >= 11 is 0. The monoisotopic (exact) mass is 347 g/mol. The molecule has 0 aliphatic carbocycles. The second-order valence-electron chi connectivity index (χ2n) is 5.77. The molecule has 0 spiro atoms. The molecule has 1 aliphatic heterocycles. The van der Waals surface area contributed by atoms with Gasteiger partial charge in [0, 0.05) is 25.8 Å². The lowest BCUT2D eigenvalue weighted by atomic mass is 10.2. The van der Waals surface area contributed by atoms with Crippen molar-refractivity contribution in [2.75, 3.05) is 23.3 Å². The molecule has 1 N–H and O–H groups in total. The smallest absolute Gasteiger partial charge is 0.365 e. The third-order valence-corrected chi connectivity index (χ3v) is 4.01. The van der Waals surface area contributed by atoms with Crippen LogP contribution in [0.1, 0.15) is 29.7 Å². The van der Waals surface area contributed by atoms with Crippen LogP contribution in [0.2, 0.25) is 0 Å². The first kappa shape index (κ1) is 17.0. The second-order valence-corrected chi connectivity index (χ2v) is 5.77. The fourth-order valence-electron chi connectivity index (χ4n) is 2.72. The van der Waals surface area contributed by atoms with Gasteiger partial charge in [-0.25, -0.2) is 9.97 Å². The number of rotatable bonds is 4. The van der Waals surface area contributed by atoms with E-state index in [0.717, 1.165) is 49.4 Å². The van der Waals surface area contributed by atoms with Crippen LogP contribution in [0, 0.1) is 11.3 Å². The van der Waals surface area contributed by atoms with Gasteiger partial charge in [-0.1, -0.05) is 0 Å². The van der Waals surface area contributed by atoms with Crippen molar-refractivity contribution in [1.82, 2.24) is 9.97 Å². The highest BCUT2D eigenvalue weighted by atomic mass is 19.4. The van der Waals surface area contributed by atoms with E-state index in [-0.39, 0.29) is 17.9 Å². The topological polar surface area (TPSA) is 64.8 Å². The molecule has 0 radical (unpaired) electrons. The van der Waals surface area contributed by atoms with E-state index in [9.17, 15) is 13.2 Å². The van der Waals surface area contributed by atoms with E-state index >= 15 is 0 Å². The average Bonchev–Trinajstić information content (AvgIpc) is 3.14. The molecule has 1 saturated heterocycles. The highest BCUT2D eigenvalue weighted by molar-refractivity contribution is 5.53. The lowest BCUT2D eigenvalue weighted by Crippen LogP contribution is -2.19. The number of hydrogen-bond acceptors (Lipinski definition) is 5. The Labute approximate surface area is 143 Å². The summed E-state index contributed by atoms with van der Waals surface area (Å²) in [6, 6.07) is 7.47. The number of halogens is 3. The molecule has 130 valence electrons. The van der Waals surface area contributed by atoms with Crippen molar-refractivity contribution in [3.63, 3.8) is 0 Å². The number of pyridine rings is 2. The van der Waals surface area contributed by atoms with Crippen molar-refractivity contribution >= 4 is 11.6 Å². The molecule has 0 saturated carbocycles. The van der Waals surface area contributed by atoms with Crippen molar-refractivity contribution in [2.45, 2.75) is 25.6 Å². The third-order valence-electron chi connectivity index (χ3n) is 4.01. The van der Waals surface area contributed by atoms with Gasteiger partial charge >= 0.3 is 6.18 Å². The van der Waals surface area contributed by atoms with Gasteiger partial charge in [-0.15, -0.1) is 0 Å². The largest absolute Gasteiger partial charge is 0.433 e. The molecular weight excluding hydrogens is 331 g/mol. The zero-order valence-electron chi connectivity index (χ0n) is 13.3. The Bertz CT molecular complexity index is 792. The Hall–Kier alpha value is -2.82. The summed E-state index contributed by atoms with van der Waals surface area (Å²) in [5.41, 5.74) is -0.0942. The van der Waals surface area contributed by atoms with Crippen LogP contribution < -0.4 is 10.2 Å². The number of alkyl halides is 3. The van der Waals surface area contributed by atoms with Gasteiger partial charge in [-0.3, -0.25) is 0 Å². The van der Waals surface area contributed by atoms with E-state index in [1.807, 2.05) is 12.1 Å². The van der Waals surface area contributed by atoms with Crippen molar-refractivity contribution in [1.29, 1.82) is 5.26 Å². The summed E-state index contributed by atoms with van der Waals surface area (Å²) in [6.07, 6.45) is -0.618. The van der Waals surface area contributed by atoms with E-state index in [2.05, 4.69) is 20.2 Å². The maximum atomic E-state index is 12.8. The average molecular weight is 347 g/mol. The Morgan fingerprint density at radius 2 is 1.96 bits per heavy atom. The van der Waals surface area contributed by atoms with Crippen LogP contribution in [-0.4, -0.2) is 23.1 Å². The standard InChI is InChI=1S/C17H16F3N5/c18-17(19,20)14-4-3-13(10-21)16(24-14)23-11-12-5-6-22-15(9-12)25-7-1-2-8-25/h3-6,9H,1-2,7-8,11H2,(H,23,24). The molecule has 8 heteroatoms. The van der Waals surface area contributed by atoms with Crippen LogP contribution in [0.5, 0.6) is 0 Å².